The van der Waals surface area contributed by atoms with E-state index in [4.69, 9.17) is 0 Å². The zero-order valence-electron chi connectivity index (χ0n) is 11.1. The molecule has 1 aromatic carbocycles. The van der Waals surface area contributed by atoms with Crippen LogP contribution in [0.3, 0.4) is 0 Å². The maximum absolute atomic E-state index is 13.1. The summed E-state index contributed by atoms with van der Waals surface area (Å²) in [5.41, 5.74) is 0.553. The molecule has 0 fully saturated rings. The van der Waals surface area contributed by atoms with Gasteiger partial charge in [0, 0.05) is 18.0 Å². The first-order valence-electron chi connectivity index (χ1n) is 5.87. The lowest BCUT2D eigenvalue weighted by Gasteiger charge is -2.06. The predicted molar refractivity (Wildman–Crippen MR) is 70.1 cm³/mol. The molecule has 100 valence electrons. The van der Waals surface area contributed by atoms with Crippen LogP contribution in [0.2, 0.25) is 0 Å². The lowest BCUT2D eigenvalue weighted by atomic mass is 10.1. The van der Waals surface area contributed by atoms with E-state index in [0.29, 0.717) is 11.4 Å². The van der Waals surface area contributed by atoms with Crippen LogP contribution in [0.15, 0.2) is 36.7 Å². The molecule has 0 saturated carbocycles. The molecule has 1 aromatic heterocycles. The second-order valence-electron chi connectivity index (χ2n) is 3.25. The summed E-state index contributed by atoms with van der Waals surface area (Å²) in [6.07, 6.45) is 3.10. The zero-order valence-corrected chi connectivity index (χ0v) is 11.1. The van der Waals surface area contributed by atoms with Crippen molar-refractivity contribution in [2.24, 2.45) is 0 Å². The number of ether oxygens (including phenoxy) is 1. The number of hydrogen-bond donors (Lipinski definition) is 0. The van der Waals surface area contributed by atoms with Crippen LogP contribution >= 0.6 is 0 Å². The summed E-state index contributed by atoms with van der Waals surface area (Å²) in [7, 11) is 1.24. The minimum atomic E-state index is -0.619. The van der Waals surface area contributed by atoms with Gasteiger partial charge < -0.3 is 4.74 Å². The van der Waals surface area contributed by atoms with Crippen LogP contribution in [0.25, 0.3) is 11.4 Å². The molecule has 0 bridgehead atoms. The fourth-order valence-electron chi connectivity index (χ4n) is 1.43. The Hall–Kier alpha value is -2.30. The number of rotatable bonds is 2. The molecule has 0 N–H and O–H groups in total. The van der Waals surface area contributed by atoms with Gasteiger partial charge in [0.2, 0.25) is 0 Å². The monoisotopic (exact) mass is 262 g/mol. The molecule has 0 saturated heterocycles. The number of hydrogen-bond acceptors (Lipinski definition) is 4. The van der Waals surface area contributed by atoms with Gasteiger partial charge in [-0.3, -0.25) is 0 Å². The first-order valence-corrected chi connectivity index (χ1v) is 5.87. The van der Waals surface area contributed by atoms with Gasteiger partial charge in [0.15, 0.2) is 5.82 Å². The lowest BCUT2D eigenvalue weighted by molar-refractivity contribution is 0.0601. The fraction of sp³-hybridized carbons (Fsp3) is 0.214. The quantitative estimate of drug-likeness (QED) is 0.780. The smallest absolute Gasteiger partial charge is 0.338 e. The van der Waals surface area contributed by atoms with Crippen LogP contribution in [0, 0.1) is 5.82 Å². The molecule has 2 rings (SSSR count). The maximum atomic E-state index is 13.1. The summed E-state index contributed by atoms with van der Waals surface area (Å²) in [5, 5.41) is 0. The Morgan fingerprint density at radius 2 is 1.84 bits per heavy atom. The van der Waals surface area contributed by atoms with Crippen LogP contribution < -0.4 is 0 Å². The third-order valence-corrected chi connectivity index (χ3v) is 2.19. The molecule has 0 amide bonds. The van der Waals surface area contributed by atoms with E-state index in [1.54, 1.807) is 18.5 Å². The molecule has 0 radical (unpaired) electrons. The third-order valence-electron chi connectivity index (χ3n) is 2.19. The Kier molecular flexibility index (Phi) is 5.60. The number of carbonyl (C=O) groups is 1. The zero-order chi connectivity index (χ0) is 14.3. The van der Waals surface area contributed by atoms with Crippen molar-refractivity contribution >= 4 is 5.97 Å². The van der Waals surface area contributed by atoms with Crippen molar-refractivity contribution in [3.05, 3.63) is 48.0 Å². The van der Waals surface area contributed by atoms with Crippen molar-refractivity contribution in [3.8, 4) is 11.4 Å². The van der Waals surface area contributed by atoms with Crippen molar-refractivity contribution < 1.29 is 13.9 Å². The normalized spacial score (nSPS) is 9.26. The number of esters is 1. The minimum absolute atomic E-state index is 0.110. The van der Waals surface area contributed by atoms with Gasteiger partial charge in [0.25, 0.3) is 0 Å². The second kappa shape index (κ2) is 7.20. The fourth-order valence-corrected chi connectivity index (χ4v) is 1.43. The van der Waals surface area contributed by atoms with Gasteiger partial charge in [-0.05, 0) is 24.3 Å². The molecule has 5 heteroatoms. The summed E-state index contributed by atoms with van der Waals surface area (Å²) in [6.45, 7) is 4.00. The van der Waals surface area contributed by atoms with Crippen LogP contribution in [-0.4, -0.2) is 23.0 Å². The number of benzene rings is 1. The highest BCUT2D eigenvalue weighted by atomic mass is 19.1. The van der Waals surface area contributed by atoms with E-state index in [1.807, 2.05) is 13.8 Å². The number of aromatic nitrogens is 2. The summed E-state index contributed by atoms with van der Waals surface area (Å²) >= 11 is 0. The molecular weight excluding hydrogens is 247 g/mol. The Balaban J connectivity index is 0.000000861. The average Bonchev–Trinajstić information content (AvgIpc) is 2.49. The highest BCUT2D eigenvalue weighted by Gasteiger charge is 2.15. The maximum Gasteiger partial charge on any atom is 0.338 e. The van der Waals surface area contributed by atoms with Crippen molar-refractivity contribution in [1.82, 2.24) is 9.97 Å². The van der Waals surface area contributed by atoms with Gasteiger partial charge >= 0.3 is 5.97 Å². The molecule has 0 aliphatic heterocycles. The topological polar surface area (TPSA) is 52.1 Å². The summed E-state index contributed by atoms with van der Waals surface area (Å²) in [6, 6.07) is 5.47. The van der Waals surface area contributed by atoms with Crippen LogP contribution in [0.4, 0.5) is 4.39 Å². The van der Waals surface area contributed by atoms with Crippen molar-refractivity contribution in [3.63, 3.8) is 0 Å². The molecule has 0 atom stereocenters. The summed E-state index contributed by atoms with van der Waals surface area (Å²) in [4.78, 5) is 19.5. The molecular formula is C14H15FN2O2. The van der Waals surface area contributed by atoms with Crippen LogP contribution in [0.5, 0.6) is 0 Å². The van der Waals surface area contributed by atoms with Gasteiger partial charge in [-0.25, -0.2) is 19.2 Å². The van der Waals surface area contributed by atoms with Crippen LogP contribution in [-0.2, 0) is 4.74 Å². The van der Waals surface area contributed by atoms with E-state index in [9.17, 15) is 9.18 Å². The Morgan fingerprint density at radius 3 is 2.42 bits per heavy atom. The van der Waals surface area contributed by atoms with E-state index in [1.165, 1.54) is 19.2 Å². The van der Waals surface area contributed by atoms with Gasteiger partial charge in [-0.15, -0.1) is 0 Å². The van der Waals surface area contributed by atoms with Gasteiger partial charge in [-0.2, -0.15) is 0 Å². The predicted octanol–water partition coefficient (Wildman–Crippen LogP) is 3.10. The molecule has 1 heterocycles. The van der Waals surface area contributed by atoms with Crippen molar-refractivity contribution in [2.45, 2.75) is 13.8 Å². The second-order valence-corrected chi connectivity index (χ2v) is 3.25. The summed E-state index contributed by atoms with van der Waals surface area (Å²) < 4.78 is 17.7. The highest BCUT2D eigenvalue weighted by Crippen LogP contribution is 2.21. The average molecular weight is 262 g/mol. The van der Waals surface area contributed by atoms with Crippen molar-refractivity contribution in [2.75, 3.05) is 7.11 Å². The number of carbonyl (C=O) groups excluding carboxylic acids is 1. The minimum Gasteiger partial charge on any atom is -0.465 e. The molecule has 0 aliphatic rings. The third kappa shape index (κ3) is 3.58. The number of halogens is 1. The Bertz CT molecular complexity index is 544. The first kappa shape index (κ1) is 14.8. The van der Waals surface area contributed by atoms with E-state index in [2.05, 4.69) is 14.7 Å². The van der Waals surface area contributed by atoms with E-state index < -0.39 is 11.8 Å². The van der Waals surface area contributed by atoms with Gasteiger partial charge in [-0.1, -0.05) is 13.8 Å². The SMILES string of the molecule is CC.COC(=O)c1cc(F)ccc1-c1ncccn1. The standard InChI is InChI=1S/C12H9FN2O2.C2H6/c1-17-12(16)10-7-8(13)3-4-9(10)11-14-5-2-6-15-11;1-2/h2-7H,1H3;1-2H3. The van der Waals surface area contributed by atoms with E-state index >= 15 is 0 Å². The van der Waals surface area contributed by atoms with Gasteiger partial charge in [0.1, 0.15) is 5.82 Å². The molecule has 19 heavy (non-hydrogen) atoms. The highest BCUT2D eigenvalue weighted by molar-refractivity contribution is 5.96. The summed E-state index contributed by atoms with van der Waals surface area (Å²) in [5.74, 6) is -0.773. The van der Waals surface area contributed by atoms with E-state index in [-0.39, 0.29) is 5.56 Å². The number of methoxy groups -OCH3 is 1. The molecule has 0 unspecified atom stereocenters. The lowest BCUT2D eigenvalue weighted by Crippen LogP contribution is -2.05. The molecule has 0 aliphatic carbocycles. The van der Waals surface area contributed by atoms with Crippen LogP contribution in [0.1, 0.15) is 24.2 Å². The van der Waals surface area contributed by atoms with Gasteiger partial charge in [0.05, 0.1) is 12.7 Å². The molecule has 4 nitrogen and oxygen atoms in total. The van der Waals surface area contributed by atoms with Crippen molar-refractivity contribution in [1.29, 1.82) is 0 Å². The molecule has 2 aromatic rings. The van der Waals surface area contributed by atoms with E-state index in [0.717, 1.165) is 6.07 Å². The molecule has 0 spiro atoms. The first-order chi connectivity index (χ1) is 9.22. The largest absolute Gasteiger partial charge is 0.465 e. The Morgan fingerprint density at radius 1 is 1.21 bits per heavy atom. The number of nitrogens with zero attached hydrogens (tertiary/aromatic N) is 2. The Labute approximate surface area is 111 Å².